The number of rotatable bonds is 2. The topological polar surface area (TPSA) is 58.6 Å². The minimum absolute atomic E-state index is 0.0178. The fraction of sp³-hybridized carbons (Fsp3) is 0.500. The van der Waals surface area contributed by atoms with Crippen LogP contribution >= 0.6 is 0 Å². The number of aryl methyl sites for hydroxylation is 1. The van der Waals surface area contributed by atoms with Gasteiger partial charge in [-0.15, -0.1) is 0 Å². The molecule has 112 valence electrons. The molecule has 2 unspecified atom stereocenters. The lowest BCUT2D eigenvalue weighted by atomic mass is 10.0. The molecule has 2 atom stereocenters. The van der Waals surface area contributed by atoms with Crippen molar-refractivity contribution in [2.24, 2.45) is 0 Å². The van der Waals surface area contributed by atoms with Crippen LogP contribution in [0.3, 0.4) is 0 Å². The van der Waals surface area contributed by atoms with Gasteiger partial charge in [0.2, 0.25) is 5.91 Å². The second kappa shape index (κ2) is 5.85. The molecule has 0 aliphatic carbocycles. The van der Waals surface area contributed by atoms with Gasteiger partial charge in [-0.1, -0.05) is 18.2 Å². The fourth-order valence-electron chi connectivity index (χ4n) is 3.37. The number of hydrogen-bond acceptors (Lipinski definition) is 4. The van der Waals surface area contributed by atoms with Crippen LogP contribution in [0.4, 0.5) is 5.69 Å². The number of likely N-dealkylation sites (tertiary alicyclic amines) is 1. The van der Waals surface area contributed by atoms with Crippen molar-refractivity contribution < 1.29 is 14.3 Å². The number of nitrogens with zero attached hydrogens (tertiary/aromatic N) is 1. The van der Waals surface area contributed by atoms with E-state index in [1.165, 1.54) is 7.11 Å². The summed E-state index contributed by atoms with van der Waals surface area (Å²) in [6.07, 6.45) is 3.26. The number of ether oxygens (including phenoxy) is 1. The Bertz CT molecular complexity index is 558. The summed E-state index contributed by atoms with van der Waals surface area (Å²) in [4.78, 5) is 26.4. The third-order valence-corrected chi connectivity index (χ3v) is 4.43. The Morgan fingerprint density at radius 1 is 1.33 bits per heavy atom. The zero-order valence-electron chi connectivity index (χ0n) is 12.2. The number of para-hydroxylation sites is 1. The van der Waals surface area contributed by atoms with Crippen molar-refractivity contribution in [3.05, 3.63) is 29.8 Å². The second-order valence-electron chi connectivity index (χ2n) is 5.62. The Kier molecular flexibility index (Phi) is 3.92. The van der Waals surface area contributed by atoms with Gasteiger partial charge in [0, 0.05) is 5.69 Å². The van der Waals surface area contributed by atoms with Gasteiger partial charge in [-0.2, -0.15) is 0 Å². The summed E-state index contributed by atoms with van der Waals surface area (Å²) in [5, 5.41) is 2.99. The van der Waals surface area contributed by atoms with Gasteiger partial charge in [0.1, 0.15) is 6.04 Å². The van der Waals surface area contributed by atoms with E-state index in [9.17, 15) is 9.59 Å². The van der Waals surface area contributed by atoms with E-state index in [0.29, 0.717) is 0 Å². The highest BCUT2D eigenvalue weighted by Crippen LogP contribution is 2.28. The molecular formula is C16H20N2O3. The maximum Gasteiger partial charge on any atom is 0.323 e. The number of hydrogen-bond donors (Lipinski definition) is 1. The van der Waals surface area contributed by atoms with Crippen LogP contribution < -0.4 is 5.32 Å². The van der Waals surface area contributed by atoms with Crippen LogP contribution in [0, 0.1) is 0 Å². The van der Waals surface area contributed by atoms with Crippen LogP contribution in [0.1, 0.15) is 24.8 Å². The first kappa shape index (κ1) is 14.1. The van der Waals surface area contributed by atoms with Crippen molar-refractivity contribution in [1.82, 2.24) is 4.90 Å². The average Bonchev–Trinajstić information content (AvgIpc) is 2.91. The Labute approximate surface area is 124 Å². The van der Waals surface area contributed by atoms with E-state index in [1.807, 2.05) is 29.2 Å². The van der Waals surface area contributed by atoms with Crippen molar-refractivity contribution in [2.75, 3.05) is 19.0 Å². The average molecular weight is 288 g/mol. The molecule has 0 aromatic heterocycles. The summed E-state index contributed by atoms with van der Waals surface area (Å²) in [7, 11) is 1.40. The zero-order chi connectivity index (χ0) is 14.8. The third-order valence-electron chi connectivity index (χ3n) is 4.43. The summed E-state index contributed by atoms with van der Waals surface area (Å²) in [6.45, 7) is 0.772. The van der Waals surface area contributed by atoms with Gasteiger partial charge < -0.3 is 10.1 Å². The van der Waals surface area contributed by atoms with Crippen LogP contribution in [0.25, 0.3) is 0 Å². The Morgan fingerprint density at radius 3 is 2.95 bits per heavy atom. The van der Waals surface area contributed by atoms with Gasteiger partial charge in [-0.3, -0.25) is 14.5 Å². The molecule has 1 saturated heterocycles. The summed E-state index contributed by atoms with van der Waals surface area (Å²) >= 11 is 0. The highest BCUT2D eigenvalue weighted by molar-refractivity contribution is 5.96. The molecule has 1 fully saturated rings. The van der Waals surface area contributed by atoms with Gasteiger partial charge in [-0.05, 0) is 43.9 Å². The molecule has 2 aliphatic heterocycles. The van der Waals surface area contributed by atoms with Gasteiger partial charge in [0.05, 0.1) is 13.2 Å². The molecule has 1 N–H and O–H groups in total. The highest BCUT2D eigenvalue weighted by Gasteiger charge is 2.39. The summed E-state index contributed by atoms with van der Waals surface area (Å²) in [5.74, 6) is -0.252. The fourth-order valence-corrected chi connectivity index (χ4v) is 3.37. The molecule has 0 spiro atoms. The monoisotopic (exact) mass is 288 g/mol. The summed E-state index contributed by atoms with van der Waals surface area (Å²) < 4.78 is 4.87. The SMILES string of the molecule is COC(=O)C1CCCN1C1CCc2ccccc2NC1=O. The molecule has 1 aromatic rings. The molecule has 0 bridgehead atoms. The summed E-state index contributed by atoms with van der Waals surface area (Å²) in [5.41, 5.74) is 2.04. The molecule has 2 aliphatic rings. The number of nitrogens with one attached hydrogen (secondary N) is 1. The van der Waals surface area contributed by atoms with Crippen molar-refractivity contribution in [3.8, 4) is 0 Å². The van der Waals surface area contributed by atoms with E-state index in [-0.39, 0.29) is 24.0 Å². The normalized spacial score (nSPS) is 25.9. The van der Waals surface area contributed by atoms with E-state index < -0.39 is 0 Å². The van der Waals surface area contributed by atoms with E-state index in [4.69, 9.17) is 4.74 Å². The zero-order valence-corrected chi connectivity index (χ0v) is 12.2. The van der Waals surface area contributed by atoms with Crippen molar-refractivity contribution in [1.29, 1.82) is 0 Å². The molecular weight excluding hydrogens is 268 g/mol. The van der Waals surface area contributed by atoms with Crippen LogP contribution in [0.15, 0.2) is 24.3 Å². The smallest absolute Gasteiger partial charge is 0.323 e. The molecule has 1 aromatic carbocycles. The van der Waals surface area contributed by atoms with Gasteiger partial charge in [0.15, 0.2) is 0 Å². The maximum absolute atomic E-state index is 12.5. The molecule has 3 rings (SSSR count). The predicted molar refractivity (Wildman–Crippen MR) is 78.9 cm³/mol. The number of carbonyl (C=O) groups is 2. The Hall–Kier alpha value is -1.88. The highest BCUT2D eigenvalue weighted by atomic mass is 16.5. The number of fused-ring (bicyclic) bond motifs is 1. The standard InChI is InChI=1S/C16H20N2O3/c1-21-16(20)14-7-4-10-18(14)13-9-8-11-5-2-3-6-12(11)17-15(13)19/h2-3,5-6,13-14H,4,7-10H2,1H3,(H,17,19). The van der Waals surface area contributed by atoms with Crippen molar-refractivity contribution in [3.63, 3.8) is 0 Å². The molecule has 5 nitrogen and oxygen atoms in total. The maximum atomic E-state index is 12.5. The van der Waals surface area contributed by atoms with Crippen LogP contribution in [-0.4, -0.2) is 42.5 Å². The van der Waals surface area contributed by atoms with Gasteiger partial charge >= 0.3 is 5.97 Å². The van der Waals surface area contributed by atoms with Gasteiger partial charge in [0.25, 0.3) is 0 Å². The van der Waals surface area contributed by atoms with Crippen LogP contribution in [0.5, 0.6) is 0 Å². The van der Waals surface area contributed by atoms with E-state index in [1.54, 1.807) is 0 Å². The molecule has 1 amide bonds. The van der Waals surface area contributed by atoms with Crippen LogP contribution in [0.2, 0.25) is 0 Å². The largest absolute Gasteiger partial charge is 0.468 e. The van der Waals surface area contributed by atoms with Crippen molar-refractivity contribution >= 4 is 17.6 Å². The predicted octanol–water partition coefficient (Wildman–Crippen LogP) is 1.58. The quantitative estimate of drug-likeness (QED) is 0.839. The first-order chi connectivity index (χ1) is 10.2. The van der Waals surface area contributed by atoms with Crippen LogP contribution in [-0.2, 0) is 20.7 Å². The third kappa shape index (κ3) is 2.65. The van der Waals surface area contributed by atoms with E-state index >= 15 is 0 Å². The Balaban J connectivity index is 1.81. The lowest BCUT2D eigenvalue weighted by Gasteiger charge is -2.29. The molecule has 21 heavy (non-hydrogen) atoms. The van der Waals surface area contributed by atoms with Crippen molar-refractivity contribution in [2.45, 2.75) is 37.8 Å². The molecule has 5 heteroatoms. The number of methoxy groups -OCH3 is 1. The number of anilines is 1. The molecule has 0 saturated carbocycles. The van der Waals surface area contributed by atoms with E-state index in [2.05, 4.69) is 5.32 Å². The first-order valence-electron chi connectivity index (χ1n) is 7.43. The second-order valence-corrected chi connectivity index (χ2v) is 5.62. The summed E-state index contributed by atoms with van der Waals surface area (Å²) in [6, 6.07) is 7.33. The number of benzene rings is 1. The number of carbonyl (C=O) groups excluding carboxylic acids is 2. The first-order valence-corrected chi connectivity index (χ1v) is 7.43. The van der Waals surface area contributed by atoms with Gasteiger partial charge in [-0.25, -0.2) is 0 Å². The van der Waals surface area contributed by atoms with E-state index in [0.717, 1.165) is 43.5 Å². The minimum Gasteiger partial charge on any atom is -0.468 e. The number of esters is 1. The minimum atomic E-state index is -0.285. The lowest BCUT2D eigenvalue weighted by molar-refractivity contribution is -0.147. The lowest BCUT2D eigenvalue weighted by Crippen LogP contribution is -2.49. The Morgan fingerprint density at radius 2 is 2.14 bits per heavy atom. The molecule has 0 radical (unpaired) electrons. The molecule has 2 heterocycles. The number of amides is 1.